The molecule has 3 aromatic rings. The molecule has 1 heterocycles. The fraction of sp³-hybridized carbons (Fsp3) is 0.115. The van der Waals surface area contributed by atoms with Gasteiger partial charge >= 0.3 is 6.03 Å². The summed E-state index contributed by atoms with van der Waals surface area (Å²) in [4.78, 5) is 39.0. The van der Waals surface area contributed by atoms with Crippen molar-refractivity contribution in [1.29, 1.82) is 0 Å². The average molecular weight is 505 g/mol. The lowest BCUT2D eigenvalue weighted by Crippen LogP contribution is -2.54. The Morgan fingerprint density at radius 3 is 2.39 bits per heavy atom. The Hall–Kier alpha value is -3.71. The highest BCUT2D eigenvalue weighted by Crippen LogP contribution is 2.27. The minimum atomic E-state index is -0.788. The third kappa shape index (κ3) is 4.88. The standard InChI is InChI=1S/C26H21BrN2O4/c1-16-7-8-18(13-17(16)2)15-33-23-6-4-3-5-19(23)14-22-24(30)28-26(32)29(25(22)31)21-11-9-20(27)10-12-21/h3-14H,15H2,1-2H3,(H,28,30,32)/b22-14+. The van der Waals surface area contributed by atoms with E-state index in [0.717, 1.165) is 14.9 Å². The molecule has 4 rings (SSSR count). The van der Waals surface area contributed by atoms with Crippen LogP contribution in [0.25, 0.3) is 6.08 Å². The summed E-state index contributed by atoms with van der Waals surface area (Å²) in [6, 6.07) is 19.1. The highest BCUT2D eigenvalue weighted by Gasteiger charge is 2.36. The first-order chi connectivity index (χ1) is 15.8. The molecule has 0 unspecified atom stereocenters. The number of rotatable bonds is 5. The second-order valence-electron chi connectivity index (χ2n) is 7.68. The number of halogens is 1. The van der Waals surface area contributed by atoms with Gasteiger partial charge in [-0.25, -0.2) is 9.69 Å². The van der Waals surface area contributed by atoms with E-state index < -0.39 is 17.8 Å². The number of urea groups is 1. The Kier molecular flexibility index (Phi) is 6.42. The number of anilines is 1. The predicted molar refractivity (Wildman–Crippen MR) is 130 cm³/mol. The molecule has 1 fully saturated rings. The molecular formula is C26H21BrN2O4. The molecule has 166 valence electrons. The molecule has 4 amide bonds. The minimum Gasteiger partial charge on any atom is -0.488 e. The van der Waals surface area contributed by atoms with E-state index >= 15 is 0 Å². The number of ether oxygens (including phenoxy) is 1. The van der Waals surface area contributed by atoms with Gasteiger partial charge in [0.05, 0.1) is 5.69 Å². The normalized spacial score (nSPS) is 15.1. The van der Waals surface area contributed by atoms with Crippen LogP contribution in [0.4, 0.5) is 10.5 Å². The Bertz CT molecular complexity index is 1280. The van der Waals surface area contributed by atoms with Crippen molar-refractivity contribution in [3.63, 3.8) is 0 Å². The predicted octanol–water partition coefficient (Wildman–Crippen LogP) is 5.31. The van der Waals surface area contributed by atoms with E-state index in [1.54, 1.807) is 42.5 Å². The highest BCUT2D eigenvalue weighted by molar-refractivity contribution is 9.10. The van der Waals surface area contributed by atoms with Gasteiger partial charge in [-0.3, -0.25) is 14.9 Å². The Morgan fingerprint density at radius 1 is 0.939 bits per heavy atom. The molecule has 0 aliphatic carbocycles. The van der Waals surface area contributed by atoms with Crippen LogP contribution in [0.1, 0.15) is 22.3 Å². The topological polar surface area (TPSA) is 75.7 Å². The molecule has 0 saturated carbocycles. The SMILES string of the molecule is Cc1ccc(COc2ccccc2/C=C2\C(=O)NC(=O)N(c3ccc(Br)cc3)C2=O)cc1C. The smallest absolute Gasteiger partial charge is 0.335 e. The van der Waals surface area contributed by atoms with Crippen molar-refractivity contribution in [2.45, 2.75) is 20.5 Å². The Labute approximate surface area is 200 Å². The van der Waals surface area contributed by atoms with Gasteiger partial charge in [0.2, 0.25) is 0 Å². The van der Waals surface area contributed by atoms with E-state index in [1.807, 2.05) is 25.1 Å². The third-order valence-electron chi connectivity index (χ3n) is 5.37. The number of nitrogens with one attached hydrogen (secondary N) is 1. The zero-order valence-electron chi connectivity index (χ0n) is 18.1. The molecule has 7 heteroatoms. The summed E-state index contributed by atoms with van der Waals surface area (Å²) in [5.41, 5.74) is 4.16. The number of benzene rings is 3. The number of carbonyl (C=O) groups is 3. The van der Waals surface area contributed by atoms with Gasteiger partial charge in [-0.15, -0.1) is 0 Å². The van der Waals surface area contributed by atoms with Gasteiger partial charge in [0, 0.05) is 10.0 Å². The van der Waals surface area contributed by atoms with E-state index in [9.17, 15) is 14.4 Å². The van der Waals surface area contributed by atoms with Crippen LogP contribution in [-0.2, 0) is 16.2 Å². The van der Waals surface area contributed by atoms with Gasteiger partial charge in [0.25, 0.3) is 11.8 Å². The number of hydrogen-bond donors (Lipinski definition) is 1. The average Bonchev–Trinajstić information content (AvgIpc) is 2.79. The number of hydrogen-bond acceptors (Lipinski definition) is 4. The number of para-hydroxylation sites is 1. The summed E-state index contributed by atoms with van der Waals surface area (Å²) in [6.07, 6.45) is 1.45. The molecule has 6 nitrogen and oxygen atoms in total. The quantitative estimate of drug-likeness (QED) is 0.377. The molecule has 0 aromatic heterocycles. The molecule has 1 aliphatic rings. The van der Waals surface area contributed by atoms with Gasteiger partial charge in [-0.1, -0.05) is 52.3 Å². The van der Waals surface area contributed by atoms with Crippen molar-refractivity contribution >= 4 is 45.5 Å². The van der Waals surface area contributed by atoms with Gasteiger partial charge in [-0.2, -0.15) is 0 Å². The first kappa shape index (κ1) is 22.5. The maximum absolute atomic E-state index is 13.1. The highest BCUT2D eigenvalue weighted by atomic mass is 79.9. The van der Waals surface area contributed by atoms with Crippen LogP contribution in [0, 0.1) is 13.8 Å². The van der Waals surface area contributed by atoms with Crippen LogP contribution in [0.2, 0.25) is 0 Å². The molecule has 0 bridgehead atoms. The molecule has 0 radical (unpaired) electrons. The number of nitrogens with zero attached hydrogens (tertiary/aromatic N) is 1. The van der Waals surface area contributed by atoms with E-state index in [2.05, 4.69) is 34.2 Å². The largest absolute Gasteiger partial charge is 0.488 e. The Morgan fingerprint density at radius 2 is 1.67 bits per heavy atom. The van der Waals surface area contributed by atoms with Gasteiger partial charge < -0.3 is 4.74 Å². The maximum atomic E-state index is 13.1. The van der Waals surface area contributed by atoms with Crippen LogP contribution < -0.4 is 15.0 Å². The van der Waals surface area contributed by atoms with Crippen LogP contribution in [0.15, 0.2) is 76.8 Å². The van der Waals surface area contributed by atoms with Gasteiger partial charge in [0.15, 0.2) is 0 Å². The van der Waals surface area contributed by atoms with E-state index in [4.69, 9.17) is 4.74 Å². The number of amides is 4. The molecule has 1 N–H and O–H groups in total. The summed E-state index contributed by atoms with van der Waals surface area (Å²) < 4.78 is 6.81. The van der Waals surface area contributed by atoms with Crippen LogP contribution in [0.5, 0.6) is 5.75 Å². The van der Waals surface area contributed by atoms with Crippen molar-refractivity contribution in [1.82, 2.24) is 5.32 Å². The van der Waals surface area contributed by atoms with Crippen molar-refractivity contribution in [3.05, 3.63) is 99.0 Å². The lowest BCUT2D eigenvalue weighted by Gasteiger charge is -2.26. The van der Waals surface area contributed by atoms with Crippen LogP contribution in [0.3, 0.4) is 0 Å². The fourth-order valence-electron chi connectivity index (χ4n) is 3.42. The van der Waals surface area contributed by atoms with Crippen molar-refractivity contribution in [2.75, 3.05) is 4.90 Å². The van der Waals surface area contributed by atoms with Crippen LogP contribution in [-0.4, -0.2) is 17.8 Å². The van der Waals surface area contributed by atoms with E-state index in [0.29, 0.717) is 23.6 Å². The summed E-state index contributed by atoms with van der Waals surface area (Å²) in [5, 5.41) is 2.24. The van der Waals surface area contributed by atoms with Crippen molar-refractivity contribution in [2.24, 2.45) is 0 Å². The lowest BCUT2D eigenvalue weighted by atomic mass is 10.1. The minimum absolute atomic E-state index is 0.153. The molecular weight excluding hydrogens is 484 g/mol. The molecule has 0 spiro atoms. The summed E-state index contributed by atoms with van der Waals surface area (Å²) in [6.45, 7) is 4.43. The second kappa shape index (κ2) is 9.42. The van der Waals surface area contributed by atoms with Crippen molar-refractivity contribution < 1.29 is 19.1 Å². The summed E-state index contributed by atoms with van der Waals surface area (Å²) in [7, 11) is 0. The van der Waals surface area contributed by atoms with Crippen LogP contribution >= 0.6 is 15.9 Å². The lowest BCUT2D eigenvalue weighted by molar-refractivity contribution is -0.122. The van der Waals surface area contributed by atoms with Gasteiger partial charge in [0.1, 0.15) is 17.9 Å². The molecule has 3 aromatic carbocycles. The van der Waals surface area contributed by atoms with E-state index in [-0.39, 0.29) is 5.57 Å². The molecule has 1 aliphatic heterocycles. The maximum Gasteiger partial charge on any atom is 0.335 e. The number of aryl methyl sites for hydroxylation is 2. The first-order valence-electron chi connectivity index (χ1n) is 10.3. The zero-order valence-corrected chi connectivity index (χ0v) is 19.7. The number of barbiturate groups is 1. The summed E-state index contributed by atoms with van der Waals surface area (Å²) in [5.74, 6) is -0.923. The molecule has 0 atom stereocenters. The summed E-state index contributed by atoms with van der Waals surface area (Å²) >= 11 is 3.33. The third-order valence-corrected chi connectivity index (χ3v) is 5.90. The zero-order chi connectivity index (χ0) is 23.5. The monoisotopic (exact) mass is 504 g/mol. The van der Waals surface area contributed by atoms with E-state index in [1.165, 1.54) is 17.2 Å². The fourth-order valence-corrected chi connectivity index (χ4v) is 3.69. The molecule has 1 saturated heterocycles. The Balaban J connectivity index is 1.62. The molecule has 33 heavy (non-hydrogen) atoms. The second-order valence-corrected chi connectivity index (χ2v) is 8.60. The van der Waals surface area contributed by atoms with Gasteiger partial charge in [-0.05, 0) is 66.9 Å². The number of carbonyl (C=O) groups excluding carboxylic acids is 3. The first-order valence-corrected chi connectivity index (χ1v) is 11.1. The number of imide groups is 2. The van der Waals surface area contributed by atoms with Crippen molar-refractivity contribution in [3.8, 4) is 5.75 Å².